The Hall–Kier alpha value is -0.950. The molecule has 7 heteroatoms. The number of halogens is 2. The lowest BCUT2D eigenvalue weighted by molar-refractivity contribution is -0.224. The second kappa shape index (κ2) is 4.28. The second-order valence-corrected chi connectivity index (χ2v) is 6.35. The van der Waals surface area contributed by atoms with Crippen molar-refractivity contribution in [3.63, 3.8) is 0 Å². The number of hydrogen-bond acceptors (Lipinski definition) is 4. The Morgan fingerprint density at radius 1 is 1.47 bits per heavy atom. The highest BCUT2D eigenvalue weighted by molar-refractivity contribution is 5.68. The maximum Gasteiger partial charge on any atom is 0.410 e. The molecule has 2 rings (SSSR count). The van der Waals surface area contributed by atoms with E-state index in [1.54, 1.807) is 20.8 Å². The normalized spacial score (nSPS) is 34.0. The highest BCUT2D eigenvalue weighted by Gasteiger charge is 2.63. The van der Waals surface area contributed by atoms with Gasteiger partial charge in [-0.1, -0.05) is 0 Å². The summed E-state index contributed by atoms with van der Waals surface area (Å²) in [5, 5.41) is 0. The zero-order valence-corrected chi connectivity index (χ0v) is 11.4. The predicted molar refractivity (Wildman–Crippen MR) is 64.0 cm³/mol. The number of rotatable bonds is 0. The van der Waals surface area contributed by atoms with Crippen molar-refractivity contribution in [3.8, 4) is 0 Å². The van der Waals surface area contributed by atoms with Crippen molar-refractivity contribution in [2.75, 3.05) is 26.3 Å². The van der Waals surface area contributed by atoms with Crippen molar-refractivity contribution < 1.29 is 23.0 Å². The molecule has 0 aromatic carbocycles. The minimum Gasteiger partial charge on any atom is -0.444 e. The van der Waals surface area contributed by atoms with E-state index in [1.165, 1.54) is 4.90 Å². The number of nitrogens with two attached hydrogens (primary N) is 1. The molecule has 19 heavy (non-hydrogen) atoms. The first-order valence-corrected chi connectivity index (χ1v) is 6.27. The number of amides is 1. The van der Waals surface area contributed by atoms with Gasteiger partial charge >= 0.3 is 6.09 Å². The van der Waals surface area contributed by atoms with Crippen LogP contribution in [0.3, 0.4) is 0 Å². The zero-order valence-electron chi connectivity index (χ0n) is 11.4. The highest BCUT2D eigenvalue weighted by atomic mass is 19.3. The number of hydrogen-bond donors (Lipinski definition) is 1. The van der Waals surface area contributed by atoms with Gasteiger partial charge in [-0.3, -0.25) is 0 Å². The van der Waals surface area contributed by atoms with Crippen molar-refractivity contribution >= 4 is 6.09 Å². The number of piperidine rings is 1. The van der Waals surface area contributed by atoms with Crippen molar-refractivity contribution in [1.29, 1.82) is 0 Å². The Morgan fingerprint density at radius 3 is 2.63 bits per heavy atom. The van der Waals surface area contributed by atoms with E-state index in [0.29, 0.717) is 0 Å². The number of carbonyl (C=O) groups is 1. The Bertz CT molecular complexity index is 384. The van der Waals surface area contributed by atoms with Crippen LogP contribution in [0.15, 0.2) is 0 Å². The summed E-state index contributed by atoms with van der Waals surface area (Å²) in [6.07, 6.45) is -0.607. The molecule has 2 saturated heterocycles. The Balaban J connectivity index is 2.14. The fourth-order valence-corrected chi connectivity index (χ4v) is 2.45. The topological polar surface area (TPSA) is 64.8 Å². The van der Waals surface area contributed by atoms with Crippen LogP contribution < -0.4 is 5.73 Å². The van der Waals surface area contributed by atoms with Gasteiger partial charge in [0.2, 0.25) is 0 Å². The SMILES string of the molecule is CC(C)(C)OC(=O)N1CC2COCC(N)(C1)C2(F)F. The standard InChI is InChI=1S/C12H20F2N2O3/c1-10(2,3)19-9(17)16-4-8-5-18-7-11(15,6-16)12(8,13)14/h8H,4-7,15H2,1-3H3. The van der Waals surface area contributed by atoms with Crippen LogP contribution in [-0.4, -0.2) is 54.4 Å². The summed E-state index contributed by atoms with van der Waals surface area (Å²) in [6.45, 7) is 4.48. The number of fused-ring (bicyclic) bond motifs is 2. The minimum absolute atomic E-state index is 0.0920. The molecule has 2 aliphatic heterocycles. The summed E-state index contributed by atoms with van der Waals surface area (Å²) < 4.78 is 38.5. The smallest absolute Gasteiger partial charge is 0.410 e. The van der Waals surface area contributed by atoms with Gasteiger partial charge in [0.15, 0.2) is 0 Å². The van der Waals surface area contributed by atoms with Crippen LogP contribution in [-0.2, 0) is 9.47 Å². The first kappa shape index (κ1) is 14.5. The van der Waals surface area contributed by atoms with E-state index in [1.807, 2.05) is 0 Å². The molecule has 0 aliphatic carbocycles. The van der Waals surface area contributed by atoms with E-state index in [4.69, 9.17) is 15.2 Å². The molecule has 1 amide bonds. The monoisotopic (exact) mass is 278 g/mol. The van der Waals surface area contributed by atoms with Gasteiger partial charge in [-0.25, -0.2) is 13.6 Å². The largest absolute Gasteiger partial charge is 0.444 e. The fraction of sp³-hybridized carbons (Fsp3) is 0.917. The van der Waals surface area contributed by atoms with Crippen LogP contribution in [0.5, 0.6) is 0 Å². The fourth-order valence-electron chi connectivity index (χ4n) is 2.45. The molecule has 0 aromatic heterocycles. The van der Waals surface area contributed by atoms with E-state index in [-0.39, 0.29) is 26.3 Å². The third-order valence-electron chi connectivity index (χ3n) is 3.42. The van der Waals surface area contributed by atoms with Crippen LogP contribution in [0.2, 0.25) is 0 Å². The van der Waals surface area contributed by atoms with Crippen LogP contribution >= 0.6 is 0 Å². The molecule has 0 spiro atoms. The summed E-state index contributed by atoms with van der Waals surface area (Å²) in [5.74, 6) is -4.10. The second-order valence-electron chi connectivity index (χ2n) is 6.35. The summed E-state index contributed by atoms with van der Waals surface area (Å²) in [4.78, 5) is 13.2. The summed E-state index contributed by atoms with van der Waals surface area (Å²) in [5.41, 5.74) is 3.25. The van der Waals surface area contributed by atoms with E-state index >= 15 is 0 Å². The van der Waals surface area contributed by atoms with Crippen LogP contribution in [0.1, 0.15) is 20.8 Å². The van der Waals surface area contributed by atoms with Gasteiger partial charge < -0.3 is 20.1 Å². The summed E-state index contributed by atoms with van der Waals surface area (Å²) >= 11 is 0. The molecule has 2 fully saturated rings. The average Bonchev–Trinajstić information content (AvgIpc) is 2.17. The molecule has 0 aromatic rings. The first-order valence-electron chi connectivity index (χ1n) is 6.27. The molecule has 2 N–H and O–H groups in total. The van der Waals surface area contributed by atoms with Crippen molar-refractivity contribution in [2.24, 2.45) is 11.7 Å². The minimum atomic E-state index is -3.02. The van der Waals surface area contributed by atoms with Crippen LogP contribution in [0, 0.1) is 5.92 Å². The Labute approximate surface area is 111 Å². The maximum atomic E-state index is 14.1. The van der Waals surface area contributed by atoms with E-state index in [0.717, 1.165) is 0 Å². The summed E-state index contributed by atoms with van der Waals surface area (Å²) in [6, 6.07) is 0. The van der Waals surface area contributed by atoms with Crippen molar-refractivity contribution in [3.05, 3.63) is 0 Å². The molecule has 2 bridgehead atoms. The molecule has 2 unspecified atom stereocenters. The van der Waals surface area contributed by atoms with Gasteiger partial charge in [0.25, 0.3) is 5.92 Å². The lowest BCUT2D eigenvalue weighted by atomic mass is 9.78. The molecular formula is C12H20F2N2O3. The number of nitrogens with zero attached hydrogens (tertiary/aromatic N) is 1. The van der Waals surface area contributed by atoms with Gasteiger partial charge in [0.1, 0.15) is 11.1 Å². The third-order valence-corrected chi connectivity index (χ3v) is 3.42. The van der Waals surface area contributed by atoms with Gasteiger partial charge in [0.05, 0.1) is 25.7 Å². The first-order chi connectivity index (χ1) is 8.55. The Morgan fingerprint density at radius 2 is 2.11 bits per heavy atom. The van der Waals surface area contributed by atoms with Gasteiger partial charge in [-0.2, -0.15) is 0 Å². The maximum absolute atomic E-state index is 14.1. The predicted octanol–water partition coefficient (Wildman–Crippen LogP) is 1.22. The average molecular weight is 278 g/mol. The van der Waals surface area contributed by atoms with E-state index in [2.05, 4.69) is 0 Å². The van der Waals surface area contributed by atoms with Crippen molar-refractivity contribution in [2.45, 2.75) is 37.8 Å². The molecule has 0 saturated carbocycles. The number of carbonyl (C=O) groups excluding carboxylic acids is 1. The van der Waals surface area contributed by atoms with E-state index < -0.39 is 29.1 Å². The number of likely N-dealkylation sites (tertiary alicyclic amines) is 1. The molecule has 2 atom stereocenters. The van der Waals surface area contributed by atoms with Gasteiger partial charge in [-0.05, 0) is 20.8 Å². The van der Waals surface area contributed by atoms with E-state index in [9.17, 15) is 13.6 Å². The molecular weight excluding hydrogens is 258 g/mol. The zero-order chi connectivity index (χ0) is 14.5. The highest BCUT2D eigenvalue weighted by Crippen LogP contribution is 2.43. The lowest BCUT2D eigenvalue weighted by Gasteiger charge is -2.52. The molecule has 5 nitrogen and oxygen atoms in total. The van der Waals surface area contributed by atoms with Crippen LogP contribution in [0.4, 0.5) is 13.6 Å². The quantitative estimate of drug-likeness (QED) is 0.723. The van der Waals surface area contributed by atoms with Gasteiger partial charge in [0, 0.05) is 6.54 Å². The lowest BCUT2D eigenvalue weighted by Crippen LogP contribution is -2.75. The Kier molecular flexibility index (Phi) is 3.25. The van der Waals surface area contributed by atoms with Gasteiger partial charge in [-0.15, -0.1) is 0 Å². The number of ether oxygens (including phenoxy) is 2. The third kappa shape index (κ3) is 2.53. The summed E-state index contributed by atoms with van der Waals surface area (Å²) in [7, 11) is 0. The molecule has 2 aliphatic rings. The molecule has 0 radical (unpaired) electrons. The molecule has 110 valence electrons. The number of alkyl halides is 2. The van der Waals surface area contributed by atoms with Crippen molar-refractivity contribution in [1.82, 2.24) is 4.90 Å². The molecule has 2 heterocycles. The van der Waals surface area contributed by atoms with Crippen LogP contribution in [0.25, 0.3) is 0 Å².